The Morgan fingerprint density at radius 3 is 2.61 bits per heavy atom. The maximum absolute atomic E-state index is 12.4. The molecule has 1 amide bonds. The Balaban J connectivity index is 1.67. The lowest BCUT2D eigenvalue weighted by Gasteiger charge is -2.15. The lowest BCUT2D eigenvalue weighted by atomic mass is 10.1. The lowest BCUT2D eigenvalue weighted by Crippen LogP contribution is -2.28. The molecule has 1 aromatic heterocycles. The second-order valence-electron chi connectivity index (χ2n) is 6.40. The van der Waals surface area contributed by atoms with Crippen molar-refractivity contribution in [1.82, 2.24) is 20.1 Å². The minimum Gasteiger partial charge on any atom is -0.349 e. The van der Waals surface area contributed by atoms with Gasteiger partial charge < -0.3 is 5.32 Å². The molecule has 0 saturated carbocycles. The van der Waals surface area contributed by atoms with Gasteiger partial charge in [-0.15, -0.1) is 10.2 Å². The van der Waals surface area contributed by atoms with Crippen molar-refractivity contribution in [2.75, 3.05) is 5.75 Å². The van der Waals surface area contributed by atoms with Gasteiger partial charge in [-0.25, -0.2) is 0 Å². The zero-order valence-electron chi connectivity index (χ0n) is 15.7. The van der Waals surface area contributed by atoms with Crippen LogP contribution in [0, 0.1) is 13.8 Å². The van der Waals surface area contributed by atoms with Crippen LogP contribution in [0.1, 0.15) is 29.9 Å². The fraction of sp³-hybridized carbons (Fsp3) is 0.250. The topological polar surface area (TPSA) is 59.8 Å². The van der Waals surface area contributed by atoms with Gasteiger partial charge in [-0.05, 0) is 50.1 Å². The molecule has 0 bridgehead atoms. The van der Waals surface area contributed by atoms with E-state index >= 15 is 0 Å². The van der Waals surface area contributed by atoms with Crippen molar-refractivity contribution >= 4 is 40.9 Å². The average molecular weight is 435 g/mol. The van der Waals surface area contributed by atoms with Crippen LogP contribution in [0.15, 0.2) is 47.6 Å². The maximum Gasteiger partial charge on any atom is 0.230 e. The molecule has 0 aliphatic heterocycles. The molecule has 28 heavy (non-hydrogen) atoms. The summed E-state index contributed by atoms with van der Waals surface area (Å²) in [6.45, 7) is 5.84. The number of hydrogen-bond acceptors (Lipinski definition) is 4. The third-order valence-corrected chi connectivity index (χ3v) is 5.97. The number of rotatable bonds is 6. The summed E-state index contributed by atoms with van der Waals surface area (Å²) in [5, 5.41) is 13.0. The molecule has 1 N–H and O–H groups in total. The predicted molar refractivity (Wildman–Crippen MR) is 115 cm³/mol. The van der Waals surface area contributed by atoms with Crippen LogP contribution in [0.5, 0.6) is 0 Å². The fourth-order valence-electron chi connectivity index (χ4n) is 2.81. The van der Waals surface area contributed by atoms with Gasteiger partial charge in [0.1, 0.15) is 5.82 Å². The van der Waals surface area contributed by atoms with Crippen molar-refractivity contribution in [2.45, 2.75) is 32.0 Å². The Kier molecular flexibility index (Phi) is 6.65. The standard InChI is InChI=1S/C20H20Cl2N4OS/c1-12-6-4-5-7-18(12)26-14(3)24-25-20(26)28-11-19(27)23-13(2)15-8-9-16(21)17(22)10-15/h4-10,13H,11H2,1-3H3,(H,23,27). The van der Waals surface area contributed by atoms with Crippen LogP contribution in [0.2, 0.25) is 10.0 Å². The highest BCUT2D eigenvalue weighted by Gasteiger charge is 2.16. The summed E-state index contributed by atoms with van der Waals surface area (Å²) < 4.78 is 1.97. The Labute approximate surface area is 178 Å². The van der Waals surface area contributed by atoms with E-state index in [9.17, 15) is 4.79 Å². The quantitative estimate of drug-likeness (QED) is 0.544. The van der Waals surface area contributed by atoms with Gasteiger partial charge >= 0.3 is 0 Å². The molecule has 146 valence electrons. The predicted octanol–water partition coefficient (Wildman–Crippen LogP) is 5.16. The summed E-state index contributed by atoms with van der Waals surface area (Å²) in [6.07, 6.45) is 0. The molecule has 0 aliphatic rings. The zero-order valence-corrected chi connectivity index (χ0v) is 18.1. The van der Waals surface area contributed by atoms with Crippen LogP contribution in [0.4, 0.5) is 0 Å². The van der Waals surface area contributed by atoms with E-state index in [2.05, 4.69) is 15.5 Å². The van der Waals surface area contributed by atoms with Crippen molar-refractivity contribution < 1.29 is 4.79 Å². The second kappa shape index (κ2) is 8.99. The van der Waals surface area contributed by atoms with Gasteiger partial charge in [0.25, 0.3) is 0 Å². The Morgan fingerprint density at radius 1 is 1.14 bits per heavy atom. The van der Waals surface area contributed by atoms with Gasteiger partial charge in [-0.3, -0.25) is 9.36 Å². The normalized spacial score (nSPS) is 12.0. The first-order chi connectivity index (χ1) is 13.4. The minimum atomic E-state index is -0.182. The molecular formula is C20H20Cl2N4OS. The van der Waals surface area contributed by atoms with Crippen LogP contribution in [0.3, 0.4) is 0 Å². The van der Waals surface area contributed by atoms with Crippen LogP contribution in [-0.4, -0.2) is 26.4 Å². The number of aromatic nitrogens is 3. The highest BCUT2D eigenvalue weighted by molar-refractivity contribution is 7.99. The summed E-state index contributed by atoms with van der Waals surface area (Å²) in [4.78, 5) is 12.4. The fourth-order valence-corrected chi connectivity index (χ4v) is 3.91. The van der Waals surface area contributed by atoms with Crippen molar-refractivity contribution in [3.63, 3.8) is 0 Å². The number of amides is 1. The molecule has 1 unspecified atom stereocenters. The van der Waals surface area contributed by atoms with E-state index in [1.165, 1.54) is 11.8 Å². The second-order valence-corrected chi connectivity index (χ2v) is 8.16. The van der Waals surface area contributed by atoms with E-state index in [4.69, 9.17) is 23.2 Å². The summed E-state index contributed by atoms with van der Waals surface area (Å²) in [7, 11) is 0. The first kappa shape index (κ1) is 20.7. The number of carbonyl (C=O) groups excluding carboxylic acids is 1. The number of thioether (sulfide) groups is 1. The van der Waals surface area contributed by atoms with E-state index < -0.39 is 0 Å². The van der Waals surface area contributed by atoms with E-state index in [0.717, 1.165) is 22.6 Å². The summed E-state index contributed by atoms with van der Waals surface area (Å²) in [5.74, 6) is 0.914. The number of aryl methyl sites for hydroxylation is 2. The smallest absolute Gasteiger partial charge is 0.230 e. The number of nitrogens with one attached hydrogen (secondary N) is 1. The Hall–Kier alpha value is -2.02. The summed E-state index contributed by atoms with van der Waals surface area (Å²) in [5.41, 5.74) is 3.02. The minimum absolute atomic E-state index is 0.0967. The summed E-state index contributed by atoms with van der Waals surface area (Å²) in [6, 6.07) is 13.2. The van der Waals surface area contributed by atoms with Gasteiger partial charge in [-0.1, -0.05) is 59.2 Å². The molecule has 8 heteroatoms. The van der Waals surface area contributed by atoms with E-state index in [0.29, 0.717) is 15.2 Å². The van der Waals surface area contributed by atoms with Crippen molar-refractivity contribution in [1.29, 1.82) is 0 Å². The number of benzene rings is 2. The highest BCUT2D eigenvalue weighted by Crippen LogP contribution is 2.26. The van der Waals surface area contributed by atoms with Crippen LogP contribution < -0.4 is 5.32 Å². The van der Waals surface area contributed by atoms with Gasteiger partial charge in [0.05, 0.1) is 27.5 Å². The largest absolute Gasteiger partial charge is 0.349 e. The molecule has 3 rings (SSSR count). The molecule has 0 fully saturated rings. The number of hydrogen-bond donors (Lipinski definition) is 1. The first-order valence-electron chi connectivity index (χ1n) is 8.72. The number of nitrogens with zero attached hydrogens (tertiary/aromatic N) is 3. The Bertz CT molecular complexity index is 1010. The average Bonchev–Trinajstić information content (AvgIpc) is 3.03. The molecular weight excluding hydrogens is 415 g/mol. The van der Waals surface area contributed by atoms with Gasteiger partial charge in [0.2, 0.25) is 5.91 Å². The molecule has 1 heterocycles. The summed E-state index contributed by atoms with van der Waals surface area (Å²) >= 11 is 13.4. The van der Waals surface area contributed by atoms with E-state index in [-0.39, 0.29) is 17.7 Å². The molecule has 3 aromatic rings. The molecule has 5 nitrogen and oxygen atoms in total. The molecule has 0 spiro atoms. The van der Waals surface area contributed by atoms with Crippen molar-refractivity contribution in [2.24, 2.45) is 0 Å². The number of para-hydroxylation sites is 1. The van der Waals surface area contributed by atoms with Crippen LogP contribution in [0.25, 0.3) is 5.69 Å². The first-order valence-corrected chi connectivity index (χ1v) is 10.5. The highest BCUT2D eigenvalue weighted by atomic mass is 35.5. The van der Waals surface area contributed by atoms with Crippen LogP contribution in [-0.2, 0) is 4.79 Å². The van der Waals surface area contributed by atoms with Gasteiger partial charge in [0, 0.05) is 0 Å². The molecule has 0 radical (unpaired) electrons. The molecule has 0 saturated heterocycles. The van der Waals surface area contributed by atoms with E-state index in [1.807, 2.05) is 55.7 Å². The molecule has 1 atom stereocenters. The zero-order chi connectivity index (χ0) is 20.3. The SMILES string of the molecule is Cc1ccccc1-n1c(C)nnc1SCC(=O)NC(C)c1ccc(Cl)c(Cl)c1. The van der Waals surface area contributed by atoms with Crippen molar-refractivity contribution in [3.8, 4) is 5.69 Å². The maximum atomic E-state index is 12.4. The van der Waals surface area contributed by atoms with E-state index in [1.54, 1.807) is 12.1 Å². The third-order valence-electron chi connectivity index (χ3n) is 4.31. The molecule has 2 aromatic carbocycles. The number of carbonyl (C=O) groups is 1. The van der Waals surface area contributed by atoms with Gasteiger partial charge in [0.15, 0.2) is 5.16 Å². The lowest BCUT2D eigenvalue weighted by molar-refractivity contribution is -0.119. The molecule has 0 aliphatic carbocycles. The van der Waals surface area contributed by atoms with Crippen LogP contribution >= 0.6 is 35.0 Å². The number of halogens is 2. The third kappa shape index (κ3) is 4.69. The van der Waals surface area contributed by atoms with Gasteiger partial charge in [-0.2, -0.15) is 0 Å². The monoisotopic (exact) mass is 434 g/mol. The van der Waals surface area contributed by atoms with Crippen molar-refractivity contribution in [3.05, 3.63) is 69.5 Å². The Morgan fingerprint density at radius 2 is 1.89 bits per heavy atom.